The Balaban J connectivity index is 1.10. The van der Waals surface area contributed by atoms with Gasteiger partial charge in [-0.3, -0.25) is 0 Å². The summed E-state index contributed by atoms with van der Waals surface area (Å²) in [6.07, 6.45) is 11.6. The molecule has 0 saturated heterocycles. The fourth-order valence-electron chi connectivity index (χ4n) is 9.59. The van der Waals surface area contributed by atoms with Gasteiger partial charge in [0.1, 0.15) is 0 Å². The number of fused-ring (bicyclic) bond motifs is 8. The van der Waals surface area contributed by atoms with Gasteiger partial charge in [-0.05, 0) is 119 Å². The summed E-state index contributed by atoms with van der Waals surface area (Å²) >= 11 is 0. The standard InChI is InChI=1S/C48H42N2/c1-47(2)39-17-9-8-16-35(39)36-29-38-37-28-32(24-27-43(37)49(46(38)30-42(36)47)33-14-6-5-7-15-33)31-22-25-34(26-23-31)50-44-20-12-10-18-40(44)48(3,4)41-19-11-13-21-45(41)50/h5-10,12,14-23,25-26,28-30H,11,13,24,27H2,1-4H3. The summed E-state index contributed by atoms with van der Waals surface area (Å²) < 4.78 is 2.54. The Hall–Kier alpha value is -5.34. The van der Waals surface area contributed by atoms with Gasteiger partial charge < -0.3 is 9.47 Å². The van der Waals surface area contributed by atoms with E-state index in [1.165, 1.54) is 89.4 Å². The van der Waals surface area contributed by atoms with Crippen LogP contribution in [-0.4, -0.2) is 4.57 Å². The number of hydrogen-bond donors (Lipinski definition) is 0. The van der Waals surface area contributed by atoms with Crippen molar-refractivity contribution in [2.24, 2.45) is 0 Å². The van der Waals surface area contributed by atoms with Gasteiger partial charge >= 0.3 is 0 Å². The molecule has 6 aromatic rings. The van der Waals surface area contributed by atoms with Crippen LogP contribution in [0.3, 0.4) is 0 Å². The van der Waals surface area contributed by atoms with Gasteiger partial charge in [0.25, 0.3) is 0 Å². The van der Waals surface area contributed by atoms with Crippen molar-refractivity contribution < 1.29 is 0 Å². The highest BCUT2D eigenvalue weighted by Gasteiger charge is 2.40. The number of anilines is 2. The van der Waals surface area contributed by atoms with E-state index < -0.39 is 0 Å². The van der Waals surface area contributed by atoms with E-state index >= 15 is 0 Å². The lowest BCUT2D eigenvalue weighted by Gasteiger charge is -2.45. The molecule has 10 rings (SSSR count). The largest absolute Gasteiger partial charge is 0.313 e. The first-order chi connectivity index (χ1) is 24.3. The topological polar surface area (TPSA) is 8.17 Å². The highest BCUT2D eigenvalue weighted by Crippen LogP contribution is 2.53. The molecule has 2 heterocycles. The van der Waals surface area contributed by atoms with Gasteiger partial charge in [-0.1, -0.05) is 113 Å². The second-order valence-corrected chi connectivity index (χ2v) is 15.6. The Morgan fingerprint density at radius 3 is 2.12 bits per heavy atom. The van der Waals surface area contributed by atoms with Crippen molar-refractivity contribution in [1.82, 2.24) is 4.57 Å². The average Bonchev–Trinajstić information content (AvgIpc) is 3.59. The highest BCUT2D eigenvalue weighted by molar-refractivity contribution is 6.02. The molecule has 2 heteroatoms. The SMILES string of the molecule is CC1(C)C2=CCCC=C2N(c2ccc(C3=Cc4c(n(-c5ccccc5)c5cc6c(cc45)-c4ccccc4C6(C)C)CC3)cc2)c2ccccc21. The van der Waals surface area contributed by atoms with E-state index in [9.17, 15) is 0 Å². The van der Waals surface area contributed by atoms with Crippen LogP contribution in [0.15, 0.2) is 139 Å². The van der Waals surface area contributed by atoms with E-state index in [0.29, 0.717) is 0 Å². The molecule has 5 aromatic carbocycles. The molecule has 2 nitrogen and oxygen atoms in total. The van der Waals surface area contributed by atoms with Crippen molar-refractivity contribution in [2.75, 3.05) is 4.90 Å². The minimum atomic E-state index is -0.0377. The zero-order chi connectivity index (χ0) is 33.8. The minimum absolute atomic E-state index is 0.0131. The van der Waals surface area contributed by atoms with Crippen LogP contribution in [0.25, 0.3) is 39.4 Å². The van der Waals surface area contributed by atoms with Crippen LogP contribution in [-0.2, 0) is 17.3 Å². The molecule has 1 aromatic heterocycles. The van der Waals surface area contributed by atoms with Gasteiger partial charge in [0, 0.05) is 44.5 Å². The molecule has 0 radical (unpaired) electrons. The van der Waals surface area contributed by atoms with Crippen LogP contribution in [0.2, 0.25) is 0 Å². The molecule has 0 atom stereocenters. The molecule has 0 saturated carbocycles. The number of allylic oxidation sites excluding steroid dienone is 4. The third-order valence-electron chi connectivity index (χ3n) is 12.1. The van der Waals surface area contributed by atoms with Crippen LogP contribution in [0.4, 0.5) is 11.4 Å². The molecule has 3 aliphatic carbocycles. The van der Waals surface area contributed by atoms with Gasteiger partial charge in [-0.2, -0.15) is 0 Å². The quantitative estimate of drug-likeness (QED) is 0.186. The zero-order valence-electron chi connectivity index (χ0n) is 29.4. The molecule has 0 fully saturated rings. The predicted molar refractivity (Wildman–Crippen MR) is 210 cm³/mol. The lowest BCUT2D eigenvalue weighted by Crippen LogP contribution is -2.36. The third-order valence-corrected chi connectivity index (χ3v) is 12.1. The molecule has 0 unspecified atom stereocenters. The molecule has 0 bridgehead atoms. The highest BCUT2D eigenvalue weighted by atomic mass is 15.2. The first kappa shape index (κ1) is 29.6. The van der Waals surface area contributed by atoms with Gasteiger partial charge in [-0.25, -0.2) is 0 Å². The molecular weight excluding hydrogens is 605 g/mol. The van der Waals surface area contributed by atoms with Crippen molar-refractivity contribution >= 4 is 33.9 Å². The number of nitrogens with zero attached hydrogens (tertiary/aromatic N) is 2. The van der Waals surface area contributed by atoms with E-state index in [4.69, 9.17) is 0 Å². The fraction of sp³-hybridized carbons (Fsp3) is 0.208. The Bertz CT molecular complexity index is 2460. The van der Waals surface area contributed by atoms with Gasteiger partial charge in [0.2, 0.25) is 0 Å². The molecule has 244 valence electrons. The number of hydrogen-bond acceptors (Lipinski definition) is 1. The number of para-hydroxylation sites is 2. The lowest BCUT2D eigenvalue weighted by atomic mass is 9.70. The van der Waals surface area contributed by atoms with E-state index in [0.717, 1.165) is 25.7 Å². The summed E-state index contributed by atoms with van der Waals surface area (Å²) in [5.74, 6) is 0. The van der Waals surface area contributed by atoms with Crippen LogP contribution in [0.5, 0.6) is 0 Å². The number of rotatable bonds is 3. The number of benzene rings is 5. The smallest absolute Gasteiger partial charge is 0.0541 e. The maximum Gasteiger partial charge on any atom is 0.0541 e. The van der Waals surface area contributed by atoms with Crippen LogP contribution < -0.4 is 4.90 Å². The lowest BCUT2D eigenvalue weighted by molar-refractivity contribution is 0.603. The Labute approximate surface area is 295 Å². The second kappa shape index (κ2) is 10.6. The molecule has 0 amide bonds. The van der Waals surface area contributed by atoms with Crippen LogP contribution >= 0.6 is 0 Å². The Morgan fingerprint density at radius 2 is 1.30 bits per heavy atom. The van der Waals surface area contributed by atoms with Crippen LogP contribution in [0.1, 0.15) is 80.5 Å². The first-order valence-corrected chi connectivity index (χ1v) is 18.3. The van der Waals surface area contributed by atoms with Crippen molar-refractivity contribution in [3.8, 4) is 16.8 Å². The molecule has 0 N–H and O–H groups in total. The maximum absolute atomic E-state index is 2.54. The zero-order valence-corrected chi connectivity index (χ0v) is 29.4. The van der Waals surface area contributed by atoms with Gasteiger partial charge in [0.05, 0.1) is 11.2 Å². The summed E-state index contributed by atoms with van der Waals surface area (Å²) in [7, 11) is 0. The Morgan fingerprint density at radius 1 is 0.580 bits per heavy atom. The van der Waals surface area contributed by atoms with E-state index in [-0.39, 0.29) is 10.8 Å². The minimum Gasteiger partial charge on any atom is -0.313 e. The molecule has 0 spiro atoms. The average molecular weight is 647 g/mol. The third kappa shape index (κ3) is 4.08. The summed E-state index contributed by atoms with van der Waals surface area (Å²) in [4.78, 5) is 2.50. The fourth-order valence-corrected chi connectivity index (χ4v) is 9.59. The Kier molecular flexibility index (Phi) is 6.26. The van der Waals surface area contributed by atoms with Gasteiger partial charge in [-0.15, -0.1) is 0 Å². The number of aromatic nitrogens is 1. The summed E-state index contributed by atoms with van der Waals surface area (Å²) in [5, 5.41) is 1.35. The van der Waals surface area contributed by atoms with E-state index in [2.05, 4.69) is 171 Å². The maximum atomic E-state index is 2.54. The van der Waals surface area contributed by atoms with Crippen molar-refractivity contribution in [3.63, 3.8) is 0 Å². The van der Waals surface area contributed by atoms with Gasteiger partial charge in [0.15, 0.2) is 0 Å². The first-order valence-electron chi connectivity index (χ1n) is 18.3. The monoisotopic (exact) mass is 646 g/mol. The van der Waals surface area contributed by atoms with Crippen molar-refractivity contribution in [2.45, 2.75) is 64.2 Å². The summed E-state index contributed by atoms with van der Waals surface area (Å²) in [6, 6.07) is 43.3. The van der Waals surface area contributed by atoms with Crippen molar-refractivity contribution in [3.05, 3.63) is 172 Å². The summed E-state index contributed by atoms with van der Waals surface area (Å²) in [5.41, 5.74) is 20.3. The summed E-state index contributed by atoms with van der Waals surface area (Å²) in [6.45, 7) is 9.52. The predicted octanol–water partition coefficient (Wildman–Crippen LogP) is 12.5. The van der Waals surface area contributed by atoms with Crippen molar-refractivity contribution in [1.29, 1.82) is 0 Å². The molecule has 50 heavy (non-hydrogen) atoms. The molecule has 4 aliphatic rings. The van der Waals surface area contributed by atoms with E-state index in [1.807, 2.05) is 0 Å². The molecular formula is C48H42N2. The molecule has 1 aliphatic heterocycles. The normalized spacial score (nSPS) is 17.9. The van der Waals surface area contributed by atoms with Crippen LogP contribution in [0, 0.1) is 0 Å². The second-order valence-electron chi connectivity index (χ2n) is 15.6. The van der Waals surface area contributed by atoms with E-state index in [1.54, 1.807) is 0 Å².